The highest BCUT2D eigenvalue weighted by molar-refractivity contribution is 5.68. The topological polar surface area (TPSA) is 44.8 Å². The fourth-order valence-electron chi connectivity index (χ4n) is 3.49. The molecule has 2 fully saturated rings. The Balaban J connectivity index is 1.76. The van der Waals surface area contributed by atoms with E-state index in [-0.39, 0.29) is 12.1 Å². The van der Waals surface area contributed by atoms with E-state index in [2.05, 4.69) is 17.3 Å². The van der Waals surface area contributed by atoms with Gasteiger partial charge in [0.25, 0.3) is 0 Å². The van der Waals surface area contributed by atoms with Gasteiger partial charge in [0.15, 0.2) is 0 Å². The predicted molar refractivity (Wildman–Crippen MR) is 93.7 cm³/mol. The molecule has 2 heterocycles. The maximum atomic E-state index is 12.4. The molecule has 134 valence electrons. The van der Waals surface area contributed by atoms with Crippen LogP contribution in [0.25, 0.3) is 0 Å². The van der Waals surface area contributed by atoms with Crippen molar-refractivity contribution in [3.05, 3.63) is 0 Å². The maximum Gasteiger partial charge on any atom is 0.410 e. The highest BCUT2D eigenvalue weighted by atomic mass is 16.6. The predicted octanol–water partition coefficient (Wildman–Crippen LogP) is 2.71. The monoisotopic (exact) mass is 325 g/mol. The van der Waals surface area contributed by atoms with Crippen LogP contribution in [0.1, 0.15) is 52.9 Å². The van der Waals surface area contributed by atoms with E-state index in [1.807, 2.05) is 25.7 Å². The number of ether oxygens (including phenoxy) is 1. The van der Waals surface area contributed by atoms with Crippen LogP contribution in [-0.4, -0.2) is 67.3 Å². The van der Waals surface area contributed by atoms with Gasteiger partial charge in [-0.2, -0.15) is 0 Å². The van der Waals surface area contributed by atoms with Crippen LogP contribution < -0.4 is 5.32 Å². The van der Waals surface area contributed by atoms with E-state index in [1.54, 1.807) is 0 Å². The molecule has 0 aliphatic carbocycles. The molecule has 1 atom stereocenters. The number of carbonyl (C=O) groups excluding carboxylic acids is 1. The summed E-state index contributed by atoms with van der Waals surface area (Å²) < 4.78 is 5.57. The van der Waals surface area contributed by atoms with Gasteiger partial charge in [0.2, 0.25) is 0 Å². The van der Waals surface area contributed by atoms with Crippen LogP contribution >= 0.6 is 0 Å². The molecule has 2 rings (SSSR count). The van der Waals surface area contributed by atoms with Crippen LogP contribution in [-0.2, 0) is 4.74 Å². The average molecular weight is 325 g/mol. The van der Waals surface area contributed by atoms with Crippen LogP contribution in [0.4, 0.5) is 4.79 Å². The Morgan fingerprint density at radius 3 is 2.43 bits per heavy atom. The van der Waals surface area contributed by atoms with Crippen molar-refractivity contribution in [2.45, 2.75) is 64.5 Å². The number of rotatable bonds is 4. The number of nitrogens with one attached hydrogen (secondary N) is 1. The lowest BCUT2D eigenvalue weighted by molar-refractivity contribution is 0.00982. The summed E-state index contributed by atoms with van der Waals surface area (Å²) in [5.74, 6) is 0.782. The third kappa shape index (κ3) is 6.30. The van der Waals surface area contributed by atoms with Gasteiger partial charge in [-0.3, -0.25) is 0 Å². The summed E-state index contributed by atoms with van der Waals surface area (Å²) >= 11 is 0. The second kappa shape index (κ2) is 8.34. The lowest BCUT2D eigenvalue weighted by Crippen LogP contribution is -2.50. The minimum absolute atomic E-state index is 0.150. The third-order valence-electron chi connectivity index (χ3n) is 4.91. The lowest BCUT2D eigenvalue weighted by atomic mass is 9.96. The zero-order valence-electron chi connectivity index (χ0n) is 15.4. The smallest absolute Gasteiger partial charge is 0.410 e. The first-order chi connectivity index (χ1) is 10.8. The van der Waals surface area contributed by atoms with Crippen molar-refractivity contribution in [1.82, 2.24) is 15.1 Å². The minimum atomic E-state index is -0.416. The number of piperidine rings is 2. The second-order valence-electron chi connectivity index (χ2n) is 8.23. The molecule has 0 radical (unpaired) electrons. The Hall–Kier alpha value is -0.810. The Labute approximate surface area is 141 Å². The summed E-state index contributed by atoms with van der Waals surface area (Å²) in [6.07, 6.45) is 5.79. The van der Waals surface area contributed by atoms with Crippen molar-refractivity contribution in [3.8, 4) is 0 Å². The van der Waals surface area contributed by atoms with Gasteiger partial charge in [0, 0.05) is 19.1 Å². The molecule has 2 aliphatic rings. The first-order valence-corrected chi connectivity index (χ1v) is 9.24. The fraction of sp³-hybridized carbons (Fsp3) is 0.944. The first kappa shape index (κ1) is 18.5. The molecule has 5 nitrogen and oxygen atoms in total. The standard InChI is InChI=1S/C18H35N3O2/c1-18(2,3)23-17(22)21-10-6-5-7-16(21)14-19-13-15-8-11-20(4)12-9-15/h15-16,19H,5-14H2,1-4H3. The normalized spacial score (nSPS) is 24.7. The van der Waals surface area contributed by atoms with Gasteiger partial charge in [-0.15, -0.1) is 0 Å². The minimum Gasteiger partial charge on any atom is -0.444 e. The molecule has 0 saturated carbocycles. The molecule has 2 saturated heterocycles. The molecule has 23 heavy (non-hydrogen) atoms. The summed E-state index contributed by atoms with van der Waals surface area (Å²) in [5.41, 5.74) is -0.416. The van der Waals surface area contributed by atoms with Crippen molar-refractivity contribution < 1.29 is 9.53 Å². The van der Waals surface area contributed by atoms with Crippen LogP contribution in [0.2, 0.25) is 0 Å². The quantitative estimate of drug-likeness (QED) is 0.863. The Kier molecular flexibility index (Phi) is 6.72. The van der Waals surface area contributed by atoms with Gasteiger partial charge >= 0.3 is 6.09 Å². The molecule has 2 aliphatic heterocycles. The van der Waals surface area contributed by atoms with Crippen LogP contribution in [0.15, 0.2) is 0 Å². The van der Waals surface area contributed by atoms with E-state index in [1.165, 1.54) is 32.4 Å². The van der Waals surface area contributed by atoms with Gasteiger partial charge in [-0.25, -0.2) is 4.79 Å². The number of carbonyl (C=O) groups is 1. The van der Waals surface area contributed by atoms with Gasteiger partial charge in [-0.05, 0) is 85.5 Å². The number of hydrogen-bond acceptors (Lipinski definition) is 4. The van der Waals surface area contributed by atoms with Crippen molar-refractivity contribution in [2.24, 2.45) is 5.92 Å². The van der Waals surface area contributed by atoms with Crippen LogP contribution in [0.5, 0.6) is 0 Å². The van der Waals surface area contributed by atoms with Gasteiger partial charge in [0.1, 0.15) is 5.60 Å². The number of likely N-dealkylation sites (tertiary alicyclic amines) is 2. The van der Waals surface area contributed by atoms with Crippen molar-refractivity contribution >= 4 is 6.09 Å². The van der Waals surface area contributed by atoms with Crippen LogP contribution in [0, 0.1) is 5.92 Å². The van der Waals surface area contributed by atoms with Gasteiger partial charge in [0.05, 0.1) is 0 Å². The second-order valence-corrected chi connectivity index (χ2v) is 8.23. The Morgan fingerprint density at radius 2 is 1.78 bits per heavy atom. The SMILES string of the molecule is CN1CCC(CNCC2CCCCN2C(=O)OC(C)(C)C)CC1. The molecule has 1 unspecified atom stereocenters. The molecule has 1 N–H and O–H groups in total. The van der Waals surface area contributed by atoms with E-state index in [9.17, 15) is 4.79 Å². The Morgan fingerprint density at radius 1 is 1.09 bits per heavy atom. The zero-order chi connectivity index (χ0) is 16.9. The van der Waals surface area contributed by atoms with E-state index in [4.69, 9.17) is 4.74 Å². The zero-order valence-corrected chi connectivity index (χ0v) is 15.4. The molecule has 1 amide bonds. The highest BCUT2D eigenvalue weighted by Crippen LogP contribution is 2.20. The average Bonchev–Trinajstić information content (AvgIpc) is 2.48. The van der Waals surface area contributed by atoms with Crippen LogP contribution in [0.3, 0.4) is 0 Å². The molecular formula is C18H35N3O2. The molecule has 0 spiro atoms. The van der Waals surface area contributed by atoms with Crippen molar-refractivity contribution in [1.29, 1.82) is 0 Å². The van der Waals surface area contributed by atoms with E-state index >= 15 is 0 Å². The largest absolute Gasteiger partial charge is 0.444 e. The van der Waals surface area contributed by atoms with Crippen molar-refractivity contribution in [3.63, 3.8) is 0 Å². The van der Waals surface area contributed by atoms with E-state index < -0.39 is 5.60 Å². The van der Waals surface area contributed by atoms with Gasteiger partial charge < -0.3 is 19.9 Å². The van der Waals surface area contributed by atoms with Crippen molar-refractivity contribution in [2.75, 3.05) is 39.8 Å². The summed E-state index contributed by atoms with van der Waals surface area (Å²) in [4.78, 5) is 16.7. The van der Waals surface area contributed by atoms with E-state index in [0.717, 1.165) is 38.4 Å². The lowest BCUT2D eigenvalue weighted by Gasteiger charge is -2.37. The summed E-state index contributed by atoms with van der Waals surface area (Å²) in [5, 5.41) is 3.62. The molecule has 0 aromatic heterocycles. The molecule has 0 bridgehead atoms. The molecule has 0 aromatic carbocycles. The first-order valence-electron chi connectivity index (χ1n) is 9.24. The number of nitrogens with zero attached hydrogens (tertiary/aromatic N) is 2. The summed E-state index contributed by atoms with van der Waals surface area (Å²) in [6, 6.07) is 0.282. The maximum absolute atomic E-state index is 12.4. The highest BCUT2D eigenvalue weighted by Gasteiger charge is 2.30. The summed E-state index contributed by atoms with van der Waals surface area (Å²) in [6.45, 7) is 11.0. The Bertz CT molecular complexity index is 373. The number of amides is 1. The molecular weight excluding hydrogens is 290 g/mol. The molecule has 0 aromatic rings. The fourth-order valence-corrected chi connectivity index (χ4v) is 3.49. The number of hydrogen-bond donors (Lipinski definition) is 1. The summed E-state index contributed by atoms with van der Waals surface area (Å²) in [7, 11) is 2.20. The molecule has 5 heteroatoms. The van der Waals surface area contributed by atoms with Gasteiger partial charge in [-0.1, -0.05) is 0 Å². The third-order valence-corrected chi connectivity index (χ3v) is 4.91. The van der Waals surface area contributed by atoms with E-state index in [0.29, 0.717) is 0 Å².